The first-order valence-corrected chi connectivity index (χ1v) is 7.87. The summed E-state index contributed by atoms with van der Waals surface area (Å²) in [4.78, 5) is 0. The summed E-state index contributed by atoms with van der Waals surface area (Å²) in [6.07, 6.45) is 0. The summed E-state index contributed by atoms with van der Waals surface area (Å²) in [7, 11) is 0. The van der Waals surface area contributed by atoms with Crippen LogP contribution in [0, 0.1) is 6.92 Å². The van der Waals surface area contributed by atoms with Crippen LogP contribution >= 0.6 is 15.9 Å². The van der Waals surface area contributed by atoms with Gasteiger partial charge in [-0.1, -0.05) is 45.8 Å². The van der Waals surface area contributed by atoms with Crippen LogP contribution in [0.4, 0.5) is 0 Å². The highest BCUT2D eigenvalue weighted by Crippen LogP contribution is 2.40. The molecule has 0 saturated heterocycles. The van der Waals surface area contributed by atoms with Crippen molar-refractivity contribution in [1.82, 2.24) is 4.40 Å². The number of nitrogens with zero attached hydrogens (tertiary/aromatic N) is 1. The lowest BCUT2D eigenvalue weighted by Crippen LogP contribution is -1.80. The van der Waals surface area contributed by atoms with Crippen molar-refractivity contribution < 1.29 is 0 Å². The van der Waals surface area contributed by atoms with Crippen molar-refractivity contribution in [3.8, 4) is 0 Å². The maximum absolute atomic E-state index is 3.68. The first-order valence-electron chi connectivity index (χ1n) is 7.08. The third-order valence-corrected chi connectivity index (χ3v) is 4.87. The van der Waals surface area contributed by atoms with Crippen LogP contribution in [-0.4, -0.2) is 4.40 Å². The number of halogens is 1. The van der Waals surface area contributed by atoms with E-state index in [9.17, 15) is 0 Å². The smallest absolute Gasteiger partial charge is 0.0621 e. The lowest BCUT2D eigenvalue weighted by atomic mass is 10.1. The molecule has 5 aromatic rings. The van der Waals surface area contributed by atoms with Crippen LogP contribution in [-0.2, 0) is 0 Å². The van der Waals surface area contributed by atoms with Crippen LogP contribution < -0.4 is 0 Å². The molecule has 2 aromatic heterocycles. The molecular weight excluding hydrogens is 322 g/mol. The summed E-state index contributed by atoms with van der Waals surface area (Å²) in [5.41, 5.74) is 5.21. The molecule has 0 saturated carbocycles. The van der Waals surface area contributed by atoms with Gasteiger partial charge in [0.15, 0.2) is 0 Å². The lowest BCUT2D eigenvalue weighted by molar-refractivity contribution is 1.36. The molecule has 0 bridgehead atoms. The van der Waals surface area contributed by atoms with E-state index in [4.69, 9.17) is 0 Å². The van der Waals surface area contributed by atoms with E-state index >= 15 is 0 Å². The van der Waals surface area contributed by atoms with Crippen molar-refractivity contribution in [3.63, 3.8) is 0 Å². The van der Waals surface area contributed by atoms with Crippen molar-refractivity contribution in [2.24, 2.45) is 0 Å². The molecule has 0 N–H and O–H groups in total. The molecule has 2 heterocycles. The van der Waals surface area contributed by atoms with Gasteiger partial charge in [0.2, 0.25) is 0 Å². The summed E-state index contributed by atoms with van der Waals surface area (Å²) in [6.45, 7) is 2.15. The zero-order valence-corrected chi connectivity index (χ0v) is 13.1. The standard InChI is InChI=1S/C19H12BrN/c1-11-6-7-18-14(8-11)16-10-12(20)9-15-13-4-2-3-5-17(13)21(18)19(15)16/h2-10H,1H3. The molecule has 0 radical (unpaired) electrons. The van der Waals surface area contributed by atoms with Gasteiger partial charge in [-0.25, -0.2) is 0 Å². The first kappa shape index (κ1) is 11.6. The van der Waals surface area contributed by atoms with E-state index in [1.54, 1.807) is 0 Å². The van der Waals surface area contributed by atoms with Gasteiger partial charge in [-0.15, -0.1) is 0 Å². The SMILES string of the molecule is Cc1ccc2c(c1)c1cc(Br)cc3c4ccccc4n2c31. The summed E-state index contributed by atoms with van der Waals surface area (Å²) < 4.78 is 3.54. The maximum Gasteiger partial charge on any atom is 0.0621 e. The first-order chi connectivity index (χ1) is 10.2. The van der Waals surface area contributed by atoms with E-state index in [2.05, 4.69) is 81.9 Å². The van der Waals surface area contributed by atoms with Crippen molar-refractivity contribution in [2.75, 3.05) is 0 Å². The number of benzene rings is 3. The van der Waals surface area contributed by atoms with Gasteiger partial charge in [-0.2, -0.15) is 0 Å². The largest absolute Gasteiger partial charge is 0.308 e. The van der Waals surface area contributed by atoms with Crippen LogP contribution in [0.3, 0.4) is 0 Å². The Hall–Kier alpha value is -2.06. The Kier molecular flexibility index (Phi) is 2.08. The average molecular weight is 334 g/mol. The number of fused-ring (bicyclic) bond motifs is 6. The van der Waals surface area contributed by atoms with Gasteiger partial charge in [0, 0.05) is 26.0 Å². The molecule has 0 spiro atoms. The van der Waals surface area contributed by atoms with Gasteiger partial charge >= 0.3 is 0 Å². The molecule has 21 heavy (non-hydrogen) atoms. The Bertz CT molecular complexity index is 1150. The highest BCUT2D eigenvalue weighted by molar-refractivity contribution is 9.10. The van der Waals surface area contributed by atoms with E-state index in [1.807, 2.05) is 0 Å². The minimum absolute atomic E-state index is 1.14. The fourth-order valence-corrected chi connectivity index (χ4v) is 4.04. The van der Waals surface area contributed by atoms with Crippen molar-refractivity contribution in [2.45, 2.75) is 6.92 Å². The third kappa shape index (κ3) is 1.36. The predicted octanol–water partition coefficient (Wildman–Crippen LogP) is 5.91. The molecule has 0 aliphatic rings. The van der Waals surface area contributed by atoms with E-state index in [1.165, 1.54) is 43.7 Å². The Labute approximate surface area is 130 Å². The van der Waals surface area contributed by atoms with Crippen LogP contribution in [0.5, 0.6) is 0 Å². The number of aromatic nitrogens is 1. The van der Waals surface area contributed by atoms with Gasteiger partial charge in [0.1, 0.15) is 0 Å². The highest BCUT2D eigenvalue weighted by Gasteiger charge is 2.17. The van der Waals surface area contributed by atoms with Crippen LogP contribution in [0.25, 0.3) is 38.1 Å². The Morgan fingerprint density at radius 2 is 1.48 bits per heavy atom. The summed E-state index contributed by atoms with van der Waals surface area (Å²) in [5, 5.41) is 5.31. The fourth-order valence-electron chi connectivity index (χ4n) is 3.58. The molecule has 0 atom stereocenters. The van der Waals surface area contributed by atoms with E-state index in [0.717, 1.165) is 4.47 Å². The average Bonchev–Trinajstić information content (AvgIpc) is 2.97. The van der Waals surface area contributed by atoms with Crippen molar-refractivity contribution in [3.05, 3.63) is 64.6 Å². The van der Waals surface area contributed by atoms with Crippen LogP contribution in [0.1, 0.15) is 5.56 Å². The molecule has 5 rings (SSSR count). The van der Waals surface area contributed by atoms with Gasteiger partial charge < -0.3 is 4.40 Å². The van der Waals surface area contributed by atoms with Gasteiger partial charge in [0.25, 0.3) is 0 Å². The highest BCUT2D eigenvalue weighted by atomic mass is 79.9. The van der Waals surface area contributed by atoms with E-state index in [0.29, 0.717) is 0 Å². The lowest BCUT2D eigenvalue weighted by Gasteiger charge is -1.98. The second kappa shape index (κ2) is 3.77. The molecule has 0 unspecified atom stereocenters. The van der Waals surface area contributed by atoms with E-state index in [-0.39, 0.29) is 0 Å². The Morgan fingerprint density at radius 3 is 2.33 bits per heavy atom. The number of rotatable bonds is 0. The maximum atomic E-state index is 3.68. The number of hydrogen-bond donors (Lipinski definition) is 0. The van der Waals surface area contributed by atoms with Crippen LogP contribution in [0.15, 0.2) is 59.1 Å². The van der Waals surface area contributed by atoms with Gasteiger partial charge in [-0.3, -0.25) is 0 Å². The Morgan fingerprint density at radius 1 is 0.762 bits per heavy atom. The zero-order valence-electron chi connectivity index (χ0n) is 11.5. The summed E-state index contributed by atoms with van der Waals surface area (Å²) in [5.74, 6) is 0. The van der Waals surface area contributed by atoms with E-state index < -0.39 is 0 Å². The number of hydrogen-bond acceptors (Lipinski definition) is 0. The van der Waals surface area contributed by atoms with Crippen molar-refractivity contribution in [1.29, 1.82) is 0 Å². The topological polar surface area (TPSA) is 4.41 Å². The number of para-hydroxylation sites is 1. The Balaban J connectivity index is 2.26. The van der Waals surface area contributed by atoms with Crippen LogP contribution in [0.2, 0.25) is 0 Å². The predicted molar refractivity (Wildman–Crippen MR) is 93.5 cm³/mol. The normalized spacial score (nSPS) is 12.3. The fraction of sp³-hybridized carbons (Fsp3) is 0.0526. The summed E-state index contributed by atoms with van der Waals surface area (Å²) in [6, 6.07) is 19.9. The molecule has 2 heteroatoms. The molecule has 1 nitrogen and oxygen atoms in total. The molecule has 0 aliphatic carbocycles. The second-order valence-corrected chi connectivity index (χ2v) is 6.64. The molecule has 0 fully saturated rings. The number of aryl methyl sites for hydroxylation is 1. The molecule has 0 amide bonds. The minimum atomic E-state index is 1.14. The van der Waals surface area contributed by atoms with Crippen molar-refractivity contribution >= 4 is 54.0 Å². The van der Waals surface area contributed by atoms with Gasteiger partial charge in [0.05, 0.1) is 16.6 Å². The molecular formula is C19H12BrN. The zero-order chi connectivity index (χ0) is 14.1. The van der Waals surface area contributed by atoms with Gasteiger partial charge in [-0.05, 0) is 37.3 Å². The quantitative estimate of drug-likeness (QED) is 0.332. The second-order valence-electron chi connectivity index (χ2n) is 5.72. The minimum Gasteiger partial charge on any atom is -0.308 e. The summed E-state index contributed by atoms with van der Waals surface area (Å²) >= 11 is 3.68. The molecule has 100 valence electrons. The third-order valence-electron chi connectivity index (χ3n) is 4.42. The molecule has 0 aliphatic heterocycles. The molecule has 3 aromatic carbocycles. The monoisotopic (exact) mass is 333 g/mol.